The number of nitrogens with zero attached hydrogens (tertiary/aromatic N) is 4. The second kappa shape index (κ2) is 11.2. The van der Waals surface area contributed by atoms with E-state index in [2.05, 4.69) is 22.2 Å². The molecular weight excluding hydrogens is 538 g/mol. The average Bonchev–Trinajstić information content (AvgIpc) is 3.59. The zero-order valence-electron chi connectivity index (χ0n) is 22.8. The molecule has 0 radical (unpaired) electrons. The highest BCUT2D eigenvalue weighted by molar-refractivity contribution is 7.16. The van der Waals surface area contributed by atoms with Crippen molar-refractivity contribution in [1.29, 1.82) is 0 Å². The van der Waals surface area contributed by atoms with Crippen molar-refractivity contribution in [2.45, 2.75) is 12.3 Å². The van der Waals surface area contributed by atoms with Gasteiger partial charge in [-0.05, 0) is 60.1 Å². The first kappa shape index (κ1) is 26.8. The fourth-order valence-corrected chi connectivity index (χ4v) is 5.97. The number of esters is 1. The van der Waals surface area contributed by atoms with Crippen molar-refractivity contribution in [3.8, 4) is 0 Å². The van der Waals surface area contributed by atoms with Crippen LogP contribution in [0.4, 0.5) is 11.4 Å². The summed E-state index contributed by atoms with van der Waals surface area (Å²) in [6.45, 7) is 3.27. The Morgan fingerprint density at radius 2 is 1.78 bits per heavy atom. The molecule has 0 aliphatic carbocycles. The number of anilines is 1. The molecule has 3 heterocycles. The van der Waals surface area contributed by atoms with E-state index in [1.165, 1.54) is 18.4 Å². The summed E-state index contributed by atoms with van der Waals surface area (Å²) < 4.78 is 5.84. The van der Waals surface area contributed by atoms with Crippen LogP contribution in [0.15, 0.2) is 71.2 Å². The Morgan fingerprint density at radius 3 is 2.54 bits per heavy atom. The molecule has 1 unspecified atom stereocenters. The second-order valence-electron chi connectivity index (χ2n) is 10.3. The number of aliphatic imine (C=N–C) groups is 1. The van der Waals surface area contributed by atoms with Crippen LogP contribution in [0.5, 0.6) is 0 Å². The maximum absolute atomic E-state index is 13.4. The number of hydrogen-bond donors (Lipinski definition) is 1. The summed E-state index contributed by atoms with van der Waals surface area (Å²) >= 11 is 1.52. The average molecular weight is 568 g/mol. The van der Waals surface area contributed by atoms with Crippen molar-refractivity contribution in [1.82, 2.24) is 14.8 Å². The maximum Gasteiger partial charge on any atom is 0.337 e. The number of hydrogen-bond acceptors (Lipinski definition) is 8. The molecule has 0 spiro atoms. The smallest absolute Gasteiger partial charge is 0.337 e. The lowest BCUT2D eigenvalue weighted by Gasteiger charge is -2.32. The number of carbonyl (C=O) groups excluding carboxylic acids is 3. The lowest BCUT2D eigenvalue weighted by Crippen LogP contribution is -2.47. The molecule has 1 aromatic heterocycles. The first-order valence-electron chi connectivity index (χ1n) is 13.4. The molecule has 208 valence electrons. The Balaban J connectivity index is 1.33. The van der Waals surface area contributed by atoms with Crippen LogP contribution in [0.2, 0.25) is 0 Å². The third-order valence-electron chi connectivity index (χ3n) is 7.60. The molecule has 6 rings (SSSR count). The number of methoxy groups -OCH3 is 1. The monoisotopic (exact) mass is 567 g/mol. The minimum atomic E-state index is -0.680. The number of rotatable bonds is 6. The molecule has 9 nitrogen and oxygen atoms in total. The molecule has 41 heavy (non-hydrogen) atoms. The molecule has 2 aliphatic heterocycles. The van der Waals surface area contributed by atoms with Gasteiger partial charge in [-0.25, -0.2) is 9.78 Å². The van der Waals surface area contributed by atoms with E-state index in [-0.39, 0.29) is 11.8 Å². The normalized spacial score (nSPS) is 17.4. The first-order chi connectivity index (χ1) is 19.9. The Bertz CT molecular complexity index is 1670. The van der Waals surface area contributed by atoms with E-state index in [1.54, 1.807) is 23.7 Å². The molecular formula is C31H29N5O4S. The van der Waals surface area contributed by atoms with E-state index in [1.807, 2.05) is 47.4 Å². The topological polar surface area (TPSA) is 104 Å². The predicted molar refractivity (Wildman–Crippen MR) is 159 cm³/mol. The summed E-state index contributed by atoms with van der Waals surface area (Å²) in [4.78, 5) is 51.8. The first-order valence-corrected chi connectivity index (χ1v) is 14.3. The molecule has 2 amide bonds. The third-order valence-corrected chi connectivity index (χ3v) is 8.39. The van der Waals surface area contributed by atoms with Gasteiger partial charge in [0.2, 0.25) is 11.8 Å². The molecule has 10 heteroatoms. The van der Waals surface area contributed by atoms with E-state index in [9.17, 15) is 14.4 Å². The van der Waals surface area contributed by atoms with Crippen molar-refractivity contribution in [2.75, 3.05) is 45.7 Å². The summed E-state index contributed by atoms with van der Waals surface area (Å²) in [5, 5.41) is 2.92. The summed E-state index contributed by atoms with van der Waals surface area (Å²) in [6.07, 6.45) is 0.337. The molecule has 2 aliphatic rings. The molecule has 4 aromatic rings. The second-order valence-corrected chi connectivity index (χ2v) is 11.2. The third kappa shape index (κ3) is 5.48. The van der Waals surface area contributed by atoms with Gasteiger partial charge in [0, 0.05) is 31.9 Å². The fraction of sp³-hybridized carbons (Fsp3) is 0.258. The number of likely N-dealkylation sites (N-methyl/N-ethyl adjacent to an activating group) is 1. The quantitative estimate of drug-likeness (QED) is 0.276. The Kier molecular flexibility index (Phi) is 7.34. The SMILES string of the molecule is COC(=O)c1ccc2c(c1)NC(=O)C2C(=Nc1ccc(CC(=O)N2CCN(C)CC2)cc1)c1ccc2ncsc2c1. The van der Waals surface area contributed by atoms with Crippen molar-refractivity contribution in [3.05, 3.63) is 88.4 Å². The number of fused-ring (bicyclic) bond motifs is 2. The van der Waals surface area contributed by atoms with Gasteiger partial charge in [0.1, 0.15) is 5.92 Å². The van der Waals surface area contributed by atoms with E-state index < -0.39 is 11.9 Å². The zero-order chi connectivity index (χ0) is 28.5. The van der Waals surface area contributed by atoms with Gasteiger partial charge in [0.05, 0.1) is 46.2 Å². The highest BCUT2D eigenvalue weighted by Crippen LogP contribution is 2.37. The van der Waals surface area contributed by atoms with Crippen molar-refractivity contribution in [2.24, 2.45) is 4.99 Å². The summed E-state index contributed by atoms with van der Waals surface area (Å²) in [6, 6.07) is 18.5. The van der Waals surface area contributed by atoms with Gasteiger partial charge in [0.25, 0.3) is 0 Å². The van der Waals surface area contributed by atoms with E-state index in [0.29, 0.717) is 29.1 Å². The van der Waals surface area contributed by atoms with Crippen LogP contribution in [0.1, 0.15) is 33.0 Å². The molecule has 0 bridgehead atoms. The van der Waals surface area contributed by atoms with E-state index >= 15 is 0 Å². The van der Waals surface area contributed by atoms with E-state index in [4.69, 9.17) is 9.73 Å². The van der Waals surface area contributed by atoms with Crippen LogP contribution in [0, 0.1) is 0 Å². The van der Waals surface area contributed by atoms with E-state index in [0.717, 1.165) is 53.1 Å². The highest BCUT2D eigenvalue weighted by Gasteiger charge is 2.36. The molecule has 1 fully saturated rings. The Morgan fingerprint density at radius 1 is 1.02 bits per heavy atom. The summed E-state index contributed by atoms with van der Waals surface area (Å²) in [5.74, 6) is -1.25. The molecule has 1 saturated heterocycles. The van der Waals surface area contributed by atoms with Crippen molar-refractivity contribution >= 4 is 56.4 Å². The van der Waals surface area contributed by atoms with Gasteiger partial charge in [-0.1, -0.05) is 24.3 Å². The number of amides is 2. The number of aromatic nitrogens is 1. The fourth-order valence-electron chi connectivity index (χ4n) is 5.26. The number of piperazine rings is 1. The zero-order valence-corrected chi connectivity index (χ0v) is 23.6. The molecule has 3 aromatic carbocycles. The van der Waals surface area contributed by atoms with Gasteiger partial charge in [-0.2, -0.15) is 0 Å². The van der Waals surface area contributed by atoms with Gasteiger partial charge in [-0.3, -0.25) is 14.6 Å². The highest BCUT2D eigenvalue weighted by atomic mass is 32.1. The lowest BCUT2D eigenvalue weighted by molar-refractivity contribution is -0.132. The summed E-state index contributed by atoms with van der Waals surface area (Å²) in [7, 11) is 3.39. The molecule has 1 atom stereocenters. The van der Waals surface area contributed by atoms with Crippen LogP contribution in [-0.2, 0) is 20.7 Å². The summed E-state index contributed by atoms with van der Waals surface area (Å²) in [5.41, 5.74) is 7.31. The van der Waals surface area contributed by atoms with Crippen LogP contribution >= 0.6 is 11.3 Å². The number of thiazole rings is 1. The number of carbonyl (C=O) groups is 3. The van der Waals surface area contributed by atoms with Crippen LogP contribution in [0.25, 0.3) is 10.2 Å². The minimum absolute atomic E-state index is 0.124. The maximum atomic E-state index is 13.4. The van der Waals surface area contributed by atoms with Crippen molar-refractivity contribution in [3.63, 3.8) is 0 Å². The largest absolute Gasteiger partial charge is 0.465 e. The minimum Gasteiger partial charge on any atom is -0.465 e. The Hall–Kier alpha value is -4.41. The number of ether oxygens (including phenoxy) is 1. The number of nitrogens with one attached hydrogen (secondary N) is 1. The lowest BCUT2D eigenvalue weighted by atomic mass is 9.90. The van der Waals surface area contributed by atoms with Gasteiger partial charge in [-0.15, -0.1) is 11.3 Å². The number of benzene rings is 3. The molecule has 0 saturated carbocycles. The van der Waals surface area contributed by atoms with Crippen LogP contribution in [-0.4, -0.2) is 78.6 Å². The van der Waals surface area contributed by atoms with Crippen LogP contribution < -0.4 is 5.32 Å². The van der Waals surface area contributed by atoms with Gasteiger partial charge >= 0.3 is 5.97 Å². The predicted octanol–water partition coefficient (Wildman–Crippen LogP) is 4.26. The van der Waals surface area contributed by atoms with Crippen LogP contribution in [0.3, 0.4) is 0 Å². The standard InChI is InChI=1S/C31H29N5O4S/c1-35-11-13-36(14-12-35)27(37)15-19-3-7-22(8-4-19)33-29(20-6-10-24-26(17-20)41-18-32-24)28-23-9-5-21(31(39)40-2)16-25(23)34-30(28)38/h3-10,16-18,28H,11-15H2,1-2H3,(H,34,38). The van der Waals surface area contributed by atoms with Crippen molar-refractivity contribution < 1.29 is 19.1 Å². The molecule has 1 N–H and O–H groups in total. The van der Waals surface area contributed by atoms with Gasteiger partial charge < -0.3 is 19.9 Å². The Labute approximate surface area is 241 Å². The van der Waals surface area contributed by atoms with Gasteiger partial charge in [0.15, 0.2) is 0 Å².